The lowest BCUT2D eigenvalue weighted by atomic mass is 10.0. The maximum absolute atomic E-state index is 12.2. The van der Waals surface area contributed by atoms with Gasteiger partial charge >= 0.3 is 6.03 Å². The first-order chi connectivity index (χ1) is 12.5. The van der Waals surface area contributed by atoms with Gasteiger partial charge in [-0.05, 0) is 48.6 Å². The highest BCUT2D eigenvalue weighted by atomic mass is 32.1. The number of urea groups is 1. The molecule has 0 spiro atoms. The van der Waals surface area contributed by atoms with Gasteiger partial charge in [-0.15, -0.1) is 10.2 Å². The van der Waals surface area contributed by atoms with Crippen LogP contribution in [0.2, 0.25) is 0 Å². The summed E-state index contributed by atoms with van der Waals surface area (Å²) < 4.78 is 0. The molecule has 2 N–H and O–H groups in total. The summed E-state index contributed by atoms with van der Waals surface area (Å²) >= 11 is 1.32. The van der Waals surface area contributed by atoms with Crippen LogP contribution >= 0.6 is 11.3 Å². The van der Waals surface area contributed by atoms with Crippen molar-refractivity contribution in [3.63, 3.8) is 0 Å². The number of carbonyl (C=O) groups is 1. The van der Waals surface area contributed by atoms with Gasteiger partial charge in [-0.1, -0.05) is 37.3 Å². The summed E-state index contributed by atoms with van der Waals surface area (Å²) in [6.07, 6.45) is 4.42. The molecule has 134 valence electrons. The number of hydrogen-bond acceptors (Lipinski definition) is 5. The van der Waals surface area contributed by atoms with Crippen molar-refractivity contribution in [1.82, 2.24) is 15.2 Å². The molecule has 26 heavy (non-hydrogen) atoms. The minimum Gasteiger partial charge on any atom is -0.307 e. The molecule has 0 fully saturated rings. The molecular formula is C19H21N5OS. The van der Waals surface area contributed by atoms with Crippen molar-refractivity contribution in [2.24, 2.45) is 5.92 Å². The van der Waals surface area contributed by atoms with Gasteiger partial charge in [-0.3, -0.25) is 10.3 Å². The SMILES string of the molecule is Cc1cc(CC(C)C)ccc1NC(=O)Nc1nnc(-c2ccncc2)s1. The van der Waals surface area contributed by atoms with Crippen molar-refractivity contribution >= 4 is 28.2 Å². The highest BCUT2D eigenvalue weighted by molar-refractivity contribution is 7.18. The fraction of sp³-hybridized carbons (Fsp3) is 0.263. The summed E-state index contributed by atoms with van der Waals surface area (Å²) in [5.41, 5.74) is 4.01. The molecule has 0 aliphatic heterocycles. The second-order valence-electron chi connectivity index (χ2n) is 6.47. The van der Waals surface area contributed by atoms with Crippen molar-refractivity contribution in [2.75, 3.05) is 10.6 Å². The van der Waals surface area contributed by atoms with Crippen molar-refractivity contribution in [3.05, 3.63) is 53.9 Å². The van der Waals surface area contributed by atoms with Crippen LogP contribution in [0.1, 0.15) is 25.0 Å². The lowest BCUT2D eigenvalue weighted by Gasteiger charge is -2.11. The van der Waals surface area contributed by atoms with Crippen molar-refractivity contribution < 1.29 is 4.79 Å². The van der Waals surface area contributed by atoms with Crippen LogP contribution in [0.25, 0.3) is 10.6 Å². The molecule has 3 rings (SSSR count). The highest BCUT2D eigenvalue weighted by Gasteiger charge is 2.11. The van der Waals surface area contributed by atoms with Crippen molar-refractivity contribution in [3.8, 4) is 10.6 Å². The Labute approximate surface area is 156 Å². The highest BCUT2D eigenvalue weighted by Crippen LogP contribution is 2.26. The second-order valence-corrected chi connectivity index (χ2v) is 7.45. The quantitative estimate of drug-likeness (QED) is 0.682. The lowest BCUT2D eigenvalue weighted by Crippen LogP contribution is -2.20. The third-order valence-corrected chi connectivity index (χ3v) is 4.64. The van der Waals surface area contributed by atoms with Crippen LogP contribution in [-0.2, 0) is 6.42 Å². The van der Waals surface area contributed by atoms with Crippen molar-refractivity contribution in [2.45, 2.75) is 27.2 Å². The first-order valence-corrected chi connectivity index (χ1v) is 9.24. The topological polar surface area (TPSA) is 79.8 Å². The summed E-state index contributed by atoms with van der Waals surface area (Å²) in [7, 11) is 0. The van der Waals surface area contributed by atoms with Gasteiger partial charge in [-0.25, -0.2) is 4.79 Å². The van der Waals surface area contributed by atoms with Crippen LogP contribution in [0.5, 0.6) is 0 Å². The van der Waals surface area contributed by atoms with E-state index in [9.17, 15) is 4.79 Å². The number of pyridine rings is 1. The van der Waals surface area contributed by atoms with E-state index >= 15 is 0 Å². The Morgan fingerprint density at radius 2 is 1.88 bits per heavy atom. The van der Waals surface area contributed by atoms with Crippen LogP contribution in [0, 0.1) is 12.8 Å². The maximum atomic E-state index is 12.2. The Bertz CT molecular complexity index is 892. The Morgan fingerprint density at radius 3 is 2.58 bits per heavy atom. The normalized spacial score (nSPS) is 10.8. The van der Waals surface area contributed by atoms with E-state index in [1.54, 1.807) is 12.4 Å². The summed E-state index contributed by atoms with van der Waals surface area (Å²) in [4.78, 5) is 16.2. The summed E-state index contributed by atoms with van der Waals surface area (Å²) in [6.45, 7) is 6.38. The van der Waals surface area contributed by atoms with Gasteiger partial charge in [-0.2, -0.15) is 0 Å². The van der Waals surface area contributed by atoms with Gasteiger partial charge in [0.1, 0.15) is 5.01 Å². The standard InChI is InChI=1S/C19H21N5OS/c1-12(2)10-14-4-5-16(13(3)11-14)21-18(25)22-19-24-23-17(26-19)15-6-8-20-9-7-15/h4-9,11-12H,10H2,1-3H3,(H2,21,22,24,25). The lowest BCUT2D eigenvalue weighted by molar-refractivity contribution is 0.262. The number of benzene rings is 1. The van der Waals surface area contributed by atoms with Crippen LogP contribution in [-0.4, -0.2) is 21.2 Å². The predicted octanol–water partition coefficient (Wildman–Crippen LogP) is 4.75. The fourth-order valence-corrected chi connectivity index (χ4v) is 3.34. The second kappa shape index (κ2) is 8.05. The molecule has 7 heteroatoms. The van der Waals surface area contributed by atoms with E-state index in [2.05, 4.69) is 51.8 Å². The largest absolute Gasteiger partial charge is 0.325 e. The predicted molar refractivity (Wildman–Crippen MR) is 106 cm³/mol. The molecule has 0 saturated carbocycles. The molecule has 0 bridgehead atoms. The number of rotatable bonds is 5. The van der Waals surface area contributed by atoms with Crippen LogP contribution in [0.4, 0.5) is 15.6 Å². The van der Waals surface area contributed by atoms with E-state index in [-0.39, 0.29) is 6.03 Å². The van der Waals surface area contributed by atoms with E-state index < -0.39 is 0 Å². The first kappa shape index (κ1) is 18.0. The molecule has 0 radical (unpaired) electrons. The maximum Gasteiger partial charge on any atom is 0.325 e. The average molecular weight is 367 g/mol. The molecule has 0 aliphatic rings. The third kappa shape index (κ3) is 4.64. The third-order valence-electron chi connectivity index (χ3n) is 3.76. The Kier molecular flexibility index (Phi) is 5.58. The zero-order chi connectivity index (χ0) is 18.5. The minimum atomic E-state index is -0.331. The Morgan fingerprint density at radius 1 is 1.12 bits per heavy atom. The van der Waals surface area contributed by atoms with Crippen LogP contribution < -0.4 is 10.6 Å². The van der Waals surface area contributed by atoms with E-state index in [1.165, 1.54) is 16.9 Å². The van der Waals surface area contributed by atoms with Gasteiger partial charge in [0, 0.05) is 23.6 Å². The average Bonchev–Trinajstić information content (AvgIpc) is 3.06. The van der Waals surface area contributed by atoms with E-state index in [0.717, 1.165) is 28.2 Å². The molecule has 3 aromatic rings. The first-order valence-electron chi connectivity index (χ1n) is 8.42. The molecule has 2 heterocycles. The number of aryl methyl sites for hydroxylation is 1. The fourth-order valence-electron chi connectivity index (χ4n) is 2.60. The van der Waals surface area contributed by atoms with E-state index in [0.29, 0.717) is 11.0 Å². The van der Waals surface area contributed by atoms with Gasteiger partial charge < -0.3 is 5.32 Å². The van der Waals surface area contributed by atoms with Gasteiger partial charge in [0.05, 0.1) is 0 Å². The molecule has 0 saturated heterocycles. The van der Waals surface area contributed by atoms with Gasteiger partial charge in [0.2, 0.25) is 5.13 Å². The molecule has 2 amide bonds. The van der Waals surface area contributed by atoms with Gasteiger partial charge in [0.25, 0.3) is 0 Å². The number of nitrogens with one attached hydrogen (secondary N) is 2. The smallest absolute Gasteiger partial charge is 0.307 e. The van der Waals surface area contributed by atoms with Crippen molar-refractivity contribution in [1.29, 1.82) is 0 Å². The molecular weight excluding hydrogens is 346 g/mol. The Balaban J connectivity index is 1.63. The summed E-state index contributed by atoms with van der Waals surface area (Å²) in [6, 6.07) is 9.48. The zero-order valence-corrected chi connectivity index (χ0v) is 15.8. The summed E-state index contributed by atoms with van der Waals surface area (Å²) in [5, 5.41) is 14.9. The molecule has 2 aromatic heterocycles. The molecule has 6 nitrogen and oxygen atoms in total. The summed E-state index contributed by atoms with van der Waals surface area (Å²) in [5.74, 6) is 0.600. The number of anilines is 2. The minimum absolute atomic E-state index is 0.331. The van der Waals surface area contributed by atoms with E-state index in [4.69, 9.17) is 0 Å². The number of carbonyl (C=O) groups excluding carboxylic acids is 1. The zero-order valence-electron chi connectivity index (χ0n) is 15.0. The number of hydrogen-bond donors (Lipinski definition) is 2. The molecule has 0 unspecified atom stereocenters. The molecule has 1 aromatic carbocycles. The van der Waals surface area contributed by atoms with Crippen LogP contribution in [0.3, 0.4) is 0 Å². The Hall–Kier alpha value is -2.80. The number of amides is 2. The monoisotopic (exact) mass is 367 g/mol. The number of aromatic nitrogens is 3. The molecule has 0 atom stereocenters. The number of nitrogens with zero attached hydrogens (tertiary/aromatic N) is 3. The van der Waals surface area contributed by atoms with Crippen LogP contribution in [0.15, 0.2) is 42.7 Å². The van der Waals surface area contributed by atoms with E-state index in [1.807, 2.05) is 25.1 Å². The van der Waals surface area contributed by atoms with Gasteiger partial charge in [0.15, 0.2) is 0 Å². The molecule has 0 aliphatic carbocycles.